The van der Waals surface area contributed by atoms with Crippen molar-refractivity contribution in [1.29, 1.82) is 0 Å². The topological polar surface area (TPSA) is 70.0 Å². The highest BCUT2D eigenvalue weighted by Gasteiger charge is 2.31. The van der Waals surface area contributed by atoms with E-state index in [4.69, 9.17) is 18.9 Å². The van der Waals surface area contributed by atoms with Crippen molar-refractivity contribution < 1.29 is 24.1 Å². The van der Waals surface area contributed by atoms with Gasteiger partial charge in [-0.1, -0.05) is 18.2 Å². The van der Waals surface area contributed by atoms with Crippen molar-refractivity contribution in [3.05, 3.63) is 90.3 Å². The molecule has 32 heavy (non-hydrogen) atoms. The lowest BCUT2D eigenvalue weighted by Crippen LogP contribution is -2.35. The van der Waals surface area contributed by atoms with E-state index in [0.717, 1.165) is 22.1 Å². The molecule has 3 aromatic carbocycles. The molecule has 0 amide bonds. The second-order valence-corrected chi connectivity index (χ2v) is 7.64. The smallest absolute Gasteiger partial charge is 0.163 e. The molecule has 1 N–H and O–H groups in total. The van der Waals surface area contributed by atoms with Crippen LogP contribution in [0.15, 0.2) is 79.1 Å². The van der Waals surface area contributed by atoms with Gasteiger partial charge >= 0.3 is 0 Å². The van der Waals surface area contributed by atoms with Crippen LogP contribution in [-0.2, 0) is 6.61 Å². The van der Waals surface area contributed by atoms with Crippen molar-refractivity contribution in [2.75, 3.05) is 13.7 Å². The van der Waals surface area contributed by atoms with E-state index in [-0.39, 0.29) is 6.61 Å². The molecule has 1 aliphatic rings. The van der Waals surface area contributed by atoms with Gasteiger partial charge < -0.3 is 24.1 Å². The van der Waals surface area contributed by atoms with Crippen molar-refractivity contribution in [2.24, 2.45) is 0 Å². The third-order valence-electron chi connectivity index (χ3n) is 5.49. The number of pyridine rings is 1. The first-order chi connectivity index (χ1) is 15.7. The van der Waals surface area contributed by atoms with Gasteiger partial charge in [-0.15, -0.1) is 0 Å². The van der Waals surface area contributed by atoms with E-state index >= 15 is 0 Å². The minimum absolute atomic E-state index is 0.255. The fourth-order valence-corrected chi connectivity index (χ4v) is 3.79. The molecule has 0 bridgehead atoms. The number of benzene rings is 3. The summed E-state index contributed by atoms with van der Waals surface area (Å²) in [4.78, 5) is 4.04. The molecule has 6 nitrogen and oxygen atoms in total. The fourth-order valence-electron chi connectivity index (χ4n) is 3.79. The molecule has 0 aliphatic carbocycles. The van der Waals surface area contributed by atoms with Crippen molar-refractivity contribution in [1.82, 2.24) is 4.98 Å². The van der Waals surface area contributed by atoms with Crippen LogP contribution in [0.1, 0.15) is 17.2 Å². The maximum atomic E-state index is 10.9. The van der Waals surface area contributed by atoms with Crippen LogP contribution in [0.25, 0.3) is 10.8 Å². The van der Waals surface area contributed by atoms with Crippen molar-refractivity contribution in [3.8, 4) is 23.0 Å². The summed E-state index contributed by atoms with van der Waals surface area (Å²) in [6.45, 7) is 0.665. The predicted octanol–water partition coefficient (Wildman–Crippen LogP) is 4.70. The highest BCUT2D eigenvalue weighted by molar-refractivity contribution is 5.84. The Labute approximate surface area is 186 Å². The Morgan fingerprint density at radius 1 is 0.969 bits per heavy atom. The number of methoxy groups -OCH3 is 1. The van der Waals surface area contributed by atoms with Gasteiger partial charge in [-0.05, 0) is 64.9 Å². The van der Waals surface area contributed by atoms with E-state index in [1.165, 1.54) is 0 Å². The Balaban J connectivity index is 1.29. The molecular formula is C26H23NO5. The number of fused-ring (bicyclic) bond motifs is 2. The minimum atomic E-state index is -0.835. The predicted molar refractivity (Wildman–Crippen MR) is 120 cm³/mol. The number of ether oxygens (including phenoxy) is 4. The first kappa shape index (κ1) is 20.2. The summed E-state index contributed by atoms with van der Waals surface area (Å²) in [6.07, 6.45) is 1.92. The zero-order valence-electron chi connectivity index (χ0n) is 17.6. The summed E-state index contributed by atoms with van der Waals surface area (Å²) in [5.74, 6) is 2.71. The van der Waals surface area contributed by atoms with Crippen LogP contribution in [0.3, 0.4) is 0 Å². The fraction of sp³-hybridized carbons (Fsp3) is 0.192. The van der Waals surface area contributed by atoms with Crippen molar-refractivity contribution in [3.63, 3.8) is 0 Å². The van der Waals surface area contributed by atoms with Gasteiger partial charge in [0.05, 0.1) is 13.3 Å². The minimum Gasteiger partial charge on any atom is -0.497 e. The van der Waals surface area contributed by atoms with Crippen LogP contribution in [-0.4, -0.2) is 29.9 Å². The molecule has 5 rings (SSSR count). The Hall–Kier alpha value is -3.77. The van der Waals surface area contributed by atoms with Gasteiger partial charge in [0, 0.05) is 11.8 Å². The van der Waals surface area contributed by atoms with E-state index in [2.05, 4.69) is 17.1 Å². The number of hydrogen-bond donors (Lipinski definition) is 1. The lowest BCUT2D eigenvalue weighted by atomic mass is 10.0. The van der Waals surface area contributed by atoms with Gasteiger partial charge in [0.1, 0.15) is 42.3 Å². The van der Waals surface area contributed by atoms with E-state index in [0.29, 0.717) is 29.4 Å². The zero-order chi connectivity index (χ0) is 21.9. The molecule has 6 heteroatoms. The lowest BCUT2D eigenvalue weighted by Gasteiger charge is -2.30. The summed E-state index contributed by atoms with van der Waals surface area (Å²) in [6, 6.07) is 21.2. The normalized spacial score (nSPS) is 17.3. The standard InChI is InChI=1S/C26H23NO5/c1-29-20-7-6-18-11-17(4-5-19(18)12-20)15-30-21-8-9-24-23(13-21)26(28)25(16-31-24)32-22-3-2-10-27-14-22/h2-14,25-26,28H,15-16H2,1H3. The van der Waals surface area contributed by atoms with E-state index < -0.39 is 12.2 Å². The highest BCUT2D eigenvalue weighted by Crippen LogP contribution is 2.36. The molecule has 1 aliphatic heterocycles. The molecule has 4 aromatic rings. The molecule has 1 aromatic heterocycles. The first-order valence-electron chi connectivity index (χ1n) is 10.4. The zero-order valence-corrected chi connectivity index (χ0v) is 17.6. The molecule has 2 atom stereocenters. The Kier molecular flexibility index (Phi) is 5.52. The van der Waals surface area contributed by atoms with Gasteiger partial charge in [-0.25, -0.2) is 0 Å². The SMILES string of the molecule is COc1ccc2cc(COc3ccc4c(c3)C(O)C(Oc3cccnc3)CO4)ccc2c1. The van der Waals surface area contributed by atoms with Crippen LogP contribution in [0.4, 0.5) is 0 Å². The summed E-state index contributed by atoms with van der Waals surface area (Å²) in [7, 11) is 1.66. The van der Waals surface area contributed by atoms with E-state index in [1.54, 1.807) is 31.6 Å². The lowest BCUT2D eigenvalue weighted by molar-refractivity contribution is -0.0106. The monoisotopic (exact) mass is 429 g/mol. The van der Waals surface area contributed by atoms with Gasteiger partial charge in [0.2, 0.25) is 0 Å². The Bertz CT molecular complexity index is 1230. The molecule has 162 valence electrons. The van der Waals surface area contributed by atoms with Crippen LogP contribution in [0.5, 0.6) is 23.0 Å². The quantitative estimate of drug-likeness (QED) is 0.479. The summed E-state index contributed by atoms with van der Waals surface area (Å²) in [5.41, 5.74) is 1.70. The van der Waals surface area contributed by atoms with E-state index in [1.807, 2.05) is 42.5 Å². The third-order valence-corrected chi connectivity index (χ3v) is 5.49. The van der Waals surface area contributed by atoms with Crippen molar-refractivity contribution >= 4 is 10.8 Å². The number of aromatic nitrogens is 1. The summed E-state index contributed by atoms with van der Waals surface area (Å²) >= 11 is 0. The molecule has 2 heterocycles. The van der Waals surface area contributed by atoms with E-state index in [9.17, 15) is 5.11 Å². The first-order valence-corrected chi connectivity index (χ1v) is 10.4. The number of rotatable bonds is 6. The van der Waals surface area contributed by atoms with Crippen LogP contribution in [0.2, 0.25) is 0 Å². The average molecular weight is 429 g/mol. The molecule has 0 radical (unpaired) electrons. The molecular weight excluding hydrogens is 406 g/mol. The third kappa shape index (κ3) is 4.18. The number of aliphatic hydroxyl groups is 1. The second kappa shape index (κ2) is 8.77. The molecule has 0 spiro atoms. The number of aliphatic hydroxyl groups excluding tert-OH is 1. The van der Waals surface area contributed by atoms with Gasteiger partial charge in [-0.3, -0.25) is 4.98 Å². The molecule has 0 saturated carbocycles. The maximum Gasteiger partial charge on any atom is 0.163 e. The van der Waals surface area contributed by atoms with Crippen LogP contribution >= 0.6 is 0 Å². The Morgan fingerprint density at radius 3 is 2.66 bits per heavy atom. The largest absolute Gasteiger partial charge is 0.497 e. The van der Waals surface area contributed by atoms with Crippen molar-refractivity contribution in [2.45, 2.75) is 18.8 Å². The highest BCUT2D eigenvalue weighted by atomic mass is 16.5. The summed E-state index contributed by atoms with van der Waals surface area (Å²) in [5, 5.41) is 13.1. The molecule has 2 unspecified atom stereocenters. The van der Waals surface area contributed by atoms with Crippen LogP contribution in [0, 0.1) is 0 Å². The number of hydrogen-bond acceptors (Lipinski definition) is 6. The van der Waals surface area contributed by atoms with Gasteiger partial charge in [-0.2, -0.15) is 0 Å². The number of nitrogens with zero attached hydrogens (tertiary/aromatic N) is 1. The Morgan fingerprint density at radius 2 is 1.81 bits per heavy atom. The van der Waals surface area contributed by atoms with Gasteiger partial charge in [0.25, 0.3) is 0 Å². The van der Waals surface area contributed by atoms with Crippen LogP contribution < -0.4 is 18.9 Å². The second-order valence-electron chi connectivity index (χ2n) is 7.64. The van der Waals surface area contributed by atoms with Gasteiger partial charge in [0.15, 0.2) is 6.10 Å². The summed E-state index contributed by atoms with van der Waals surface area (Å²) < 4.78 is 23.0. The average Bonchev–Trinajstić information content (AvgIpc) is 2.85. The maximum absolute atomic E-state index is 10.9. The molecule has 0 fully saturated rings. The molecule has 0 saturated heterocycles.